The number of phenolic OH excluding ortho intramolecular Hbond substituents is 1. The molecule has 128 valence electrons. The first-order chi connectivity index (χ1) is 11.2. The predicted octanol–water partition coefficient (Wildman–Crippen LogP) is -1.33. The van der Waals surface area contributed by atoms with Crippen molar-refractivity contribution in [1.29, 1.82) is 0 Å². The molecule has 2 rings (SSSR count). The third-order valence-electron chi connectivity index (χ3n) is 2.86. The smallest absolute Gasteiger partial charge is 0.872 e. The maximum absolute atomic E-state index is 10.6. The third-order valence-corrected chi connectivity index (χ3v) is 2.86. The van der Waals surface area contributed by atoms with Gasteiger partial charge in [0, 0.05) is 0 Å². The van der Waals surface area contributed by atoms with Crippen molar-refractivity contribution in [3.8, 4) is 11.5 Å². The topological polar surface area (TPSA) is 161 Å². The van der Waals surface area contributed by atoms with Gasteiger partial charge in [0.2, 0.25) is 0 Å². The third kappa shape index (κ3) is 7.72. The van der Waals surface area contributed by atoms with Crippen molar-refractivity contribution in [2.45, 2.75) is 12.2 Å². The molecule has 9 heteroatoms. The van der Waals surface area contributed by atoms with Crippen molar-refractivity contribution in [3.05, 3.63) is 59.7 Å². The van der Waals surface area contributed by atoms with E-state index in [0.29, 0.717) is 0 Å². The maximum atomic E-state index is 10.6. The van der Waals surface area contributed by atoms with E-state index in [9.17, 15) is 19.8 Å². The van der Waals surface area contributed by atoms with Crippen LogP contribution in [-0.4, -0.2) is 70.1 Å². The number of phenols is 1. The molecule has 0 saturated heterocycles. The van der Waals surface area contributed by atoms with Crippen LogP contribution in [0.2, 0.25) is 0 Å². The molecule has 0 heterocycles. The Bertz CT molecular complexity index is 623. The SMILES string of the molecule is O=C(O)C(O)c1ccc(O)cc1.O=C([O-])C(O)c1ccc([O-])cc1.[Ca+2]. The van der Waals surface area contributed by atoms with Crippen molar-refractivity contribution in [2.75, 3.05) is 0 Å². The van der Waals surface area contributed by atoms with Gasteiger partial charge in [-0.2, -0.15) is 0 Å². The molecule has 2 aromatic rings. The molecule has 0 radical (unpaired) electrons. The molecule has 0 aliphatic heterocycles. The predicted molar refractivity (Wildman–Crippen MR) is 82.3 cm³/mol. The Morgan fingerprint density at radius 3 is 1.64 bits per heavy atom. The minimum Gasteiger partial charge on any atom is -0.872 e. The summed E-state index contributed by atoms with van der Waals surface area (Å²) < 4.78 is 0. The Labute approximate surface area is 172 Å². The van der Waals surface area contributed by atoms with E-state index in [1.807, 2.05) is 0 Å². The number of carboxylic acid groups (broad SMARTS) is 2. The Hall–Kier alpha value is -1.84. The van der Waals surface area contributed by atoms with E-state index >= 15 is 0 Å². The van der Waals surface area contributed by atoms with Gasteiger partial charge in [0.05, 0.1) is 5.97 Å². The Kier molecular flexibility index (Phi) is 10.1. The minimum atomic E-state index is -1.66. The fraction of sp³-hybridized carbons (Fsp3) is 0.125. The van der Waals surface area contributed by atoms with E-state index < -0.39 is 24.1 Å². The number of carboxylic acids is 2. The largest absolute Gasteiger partial charge is 2.00 e. The molecular formula is C16H14CaO8. The molecule has 0 aromatic heterocycles. The molecule has 0 spiro atoms. The summed E-state index contributed by atoms with van der Waals surface area (Å²) in [5.74, 6) is -3.07. The zero-order valence-corrected chi connectivity index (χ0v) is 15.1. The average Bonchev–Trinajstić information content (AvgIpc) is 2.55. The summed E-state index contributed by atoms with van der Waals surface area (Å²) in [7, 11) is 0. The van der Waals surface area contributed by atoms with E-state index in [-0.39, 0.29) is 60.4 Å². The van der Waals surface area contributed by atoms with Crippen molar-refractivity contribution < 1.29 is 40.2 Å². The van der Waals surface area contributed by atoms with Crippen LogP contribution in [-0.2, 0) is 9.59 Å². The molecule has 2 aromatic carbocycles. The van der Waals surface area contributed by atoms with Gasteiger partial charge in [-0.15, -0.1) is 5.75 Å². The van der Waals surface area contributed by atoms with Gasteiger partial charge >= 0.3 is 43.7 Å². The number of hydrogen-bond acceptors (Lipinski definition) is 7. The second-order valence-corrected chi connectivity index (χ2v) is 4.62. The van der Waals surface area contributed by atoms with Crippen LogP contribution in [0, 0.1) is 0 Å². The molecule has 25 heavy (non-hydrogen) atoms. The minimum absolute atomic E-state index is 0. The van der Waals surface area contributed by atoms with Gasteiger partial charge in [-0.25, -0.2) is 4.79 Å². The molecule has 8 nitrogen and oxygen atoms in total. The molecule has 2 unspecified atom stereocenters. The van der Waals surface area contributed by atoms with Crippen molar-refractivity contribution >= 4 is 49.7 Å². The van der Waals surface area contributed by atoms with Crippen LogP contribution in [0.4, 0.5) is 0 Å². The summed E-state index contributed by atoms with van der Waals surface area (Å²) in [5.41, 5.74) is 0.398. The Morgan fingerprint density at radius 2 is 1.24 bits per heavy atom. The van der Waals surface area contributed by atoms with Crippen molar-refractivity contribution in [3.63, 3.8) is 0 Å². The zero-order valence-electron chi connectivity index (χ0n) is 12.9. The summed E-state index contributed by atoms with van der Waals surface area (Å²) in [5, 5.41) is 55.9. The first-order valence-electron chi connectivity index (χ1n) is 6.58. The van der Waals surface area contributed by atoms with Gasteiger partial charge in [0.15, 0.2) is 6.10 Å². The number of benzene rings is 2. The van der Waals surface area contributed by atoms with Crippen LogP contribution in [0.5, 0.6) is 11.5 Å². The van der Waals surface area contributed by atoms with Gasteiger partial charge in [0.25, 0.3) is 0 Å². The number of aliphatic carboxylic acids is 2. The summed E-state index contributed by atoms with van der Waals surface area (Å²) in [6.45, 7) is 0. The number of carbonyl (C=O) groups excluding carboxylic acids is 1. The van der Waals surface area contributed by atoms with Gasteiger partial charge in [-0.1, -0.05) is 36.4 Å². The zero-order chi connectivity index (χ0) is 18.3. The molecule has 0 fully saturated rings. The van der Waals surface area contributed by atoms with Gasteiger partial charge < -0.3 is 35.4 Å². The first kappa shape index (κ1) is 23.2. The normalized spacial score (nSPS) is 11.9. The second-order valence-electron chi connectivity index (χ2n) is 4.62. The van der Waals surface area contributed by atoms with Crippen LogP contribution in [0.3, 0.4) is 0 Å². The molecular weight excluding hydrogens is 360 g/mol. The molecule has 0 bridgehead atoms. The quantitative estimate of drug-likeness (QED) is 0.479. The standard InChI is InChI=1S/2C8H8O4.Ca/c2*9-6-3-1-5(2-4-6)7(10)8(11)12;/h2*1-4,7,9-10H,(H,11,12);/q;;+2/p-2. The number of aliphatic hydroxyl groups is 2. The van der Waals surface area contributed by atoms with Gasteiger partial charge in [0.1, 0.15) is 11.9 Å². The first-order valence-corrected chi connectivity index (χ1v) is 6.58. The number of hydrogen-bond donors (Lipinski definition) is 4. The number of rotatable bonds is 4. The van der Waals surface area contributed by atoms with E-state index in [1.54, 1.807) is 0 Å². The number of aliphatic hydroxyl groups excluding tert-OH is 2. The molecule has 4 N–H and O–H groups in total. The molecule has 0 saturated carbocycles. The molecule has 0 aliphatic carbocycles. The van der Waals surface area contributed by atoms with Crippen LogP contribution in [0.15, 0.2) is 48.5 Å². The van der Waals surface area contributed by atoms with Crippen LogP contribution >= 0.6 is 0 Å². The Balaban J connectivity index is 0.000000443. The van der Waals surface area contributed by atoms with Crippen LogP contribution < -0.4 is 10.2 Å². The van der Waals surface area contributed by atoms with Gasteiger partial charge in [-0.05, 0) is 23.3 Å². The number of carbonyl (C=O) groups is 2. The molecule has 0 aliphatic rings. The van der Waals surface area contributed by atoms with E-state index in [4.69, 9.17) is 20.4 Å². The Morgan fingerprint density at radius 1 is 0.840 bits per heavy atom. The summed E-state index contributed by atoms with van der Waals surface area (Å²) in [4.78, 5) is 20.4. The average molecular weight is 374 g/mol. The maximum Gasteiger partial charge on any atom is 2.00 e. The van der Waals surface area contributed by atoms with E-state index in [2.05, 4.69) is 0 Å². The van der Waals surface area contributed by atoms with E-state index in [0.717, 1.165) is 0 Å². The summed E-state index contributed by atoms with van der Waals surface area (Å²) >= 11 is 0. The van der Waals surface area contributed by atoms with Crippen LogP contribution in [0.1, 0.15) is 23.3 Å². The van der Waals surface area contributed by atoms with Crippen LogP contribution in [0.25, 0.3) is 0 Å². The molecule has 2 atom stereocenters. The molecule has 0 amide bonds. The second kappa shape index (κ2) is 10.9. The van der Waals surface area contributed by atoms with Crippen molar-refractivity contribution in [2.24, 2.45) is 0 Å². The fourth-order valence-corrected chi connectivity index (χ4v) is 1.59. The fourth-order valence-electron chi connectivity index (χ4n) is 1.59. The van der Waals surface area contributed by atoms with E-state index in [1.165, 1.54) is 48.5 Å². The summed E-state index contributed by atoms with van der Waals surface area (Å²) in [6.07, 6.45) is -3.18. The number of aromatic hydroxyl groups is 1. The van der Waals surface area contributed by atoms with Crippen molar-refractivity contribution in [1.82, 2.24) is 0 Å². The summed E-state index contributed by atoms with van der Waals surface area (Å²) in [6, 6.07) is 10.2. The van der Waals surface area contributed by atoms with Gasteiger partial charge in [-0.3, -0.25) is 0 Å². The monoisotopic (exact) mass is 374 g/mol.